The first kappa shape index (κ1) is 17.7. The van der Waals surface area contributed by atoms with E-state index in [-0.39, 0.29) is 18.2 Å². The van der Waals surface area contributed by atoms with Gasteiger partial charge in [-0.2, -0.15) is 4.98 Å². The lowest BCUT2D eigenvalue weighted by Crippen LogP contribution is -2.39. The van der Waals surface area contributed by atoms with Gasteiger partial charge in [-0.05, 0) is 45.9 Å². The molecule has 0 aliphatic carbocycles. The van der Waals surface area contributed by atoms with Crippen molar-refractivity contribution in [2.24, 2.45) is 0 Å². The van der Waals surface area contributed by atoms with Crippen molar-refractivity contribution in [1.82, 2.24) is 14.9 Å². The summed E-state index contributed by atoms with van der Waals surface area (Å²) < 4.78 is 11.4. The highest BCUT2D eigenvalue weighted by Crippen LogP contribution is 2.25. The second kappa shape index (κ2) is 6.67. The summed E-state index contributed by atoms with van der Waals surface area (Å²) in [5, 5.41) is 1.29. The molecule has 0 aromatic carbocycles. The topological polar surface area (TPSA) is 64.6 Å². The Labute approximate surface area is 152 Å². The van der Waals surface area contributed by atoms with E-state index in [2.05, 4.69) is 9.97 Å². The molecule has 3 rings (SSSR count). The number of halogens is 1. The summed E-state index contributed by atoms with van der Waals surface area (Å²) in [6, 6.07) is 7.34. The molecule has 2 aromatic heterocycles. The summed E-state index contributed by atoms with van der Waals surface area (Å²) in [4.78, 5) is 22.6. The Morgan fingerprint density at radius 2 is 1.96 bits per heavy atom. The maximum Gasteiger partial charge on any atom is 0.410 e. The van der Waals surface area contributed by atoms with Crippen LogP contribution in [0.1, 0.15) is 34.1 Å². The molecule has 6 nitrogen and oxygen atoms in total. The molecule has 1 aliphatic rings. The molecular weight excluding hydrogens is 342 g/mol. The van der Waals surface area contributed by atoms with Gasteiger partial charge >= 0.3 is 6.09 Å². The van der Waals surface area contributed by atoms with Crippen LogP contribution in [-0.4, -0.2) is 45.3 Å². The number of ether oxygens (including phenoxy) is 2. The molecule has 25 heavy (non-hydrogen) atoms. The number of likely N-dealkylation sites (tertiary alicyclic amines) is 1. The van der Waals surface area contributed by atoms with Crippen LogP contribution in [0.3, 0.4) is 0 Å². The monoisotopic (exact) mass is 363 g/mol. The molecule has 0 N–H and O–H groups in total. The number of fused-ring (bicyclic) bond motifs is 1. The van der Waals surface area contributed by atoms with E-state index in [1.165, 1.54) is 0 Å². The van der Waals surface area contributed by atoms with Crippen LogP contribution >= 0.6 is 11.6 Å². The summed E-state index contributed by atoms with van der Waals surface area (Å²) in [6.45, 7) is 8.03. The van der Waals surface area contributed by atoms with Crippen molar-refractivity contribution < 1.29 is 14.3 Å². The number of hydrogen-bond acceptors (Lipinski definition) is 5. The van der Waals surface area contributed by atoms with Crippen molar-refractivity contribution in [2.45, 2.75) is 51.9 Å². The highest BCUT2D eigenvalue weighted by molar-refractivity contribution is 6.29. The van der Waals surface area contributed by atoms with Crippen LogP contribution in [0.5, 0.6) is 5.88 Å². The summed E-state index contributed by atoms with van der Waals surface area (Å²) in [7, 11) is 0. The predicted molar refractivity (Wildman–Crippen MR) is 96.0 cm³/mol. The van der Waals surface area contributed by atoms with Gasteiger partial charge in [-0.15, -0.1) is 0 Å². The molecule has 2 unspecified atom stereocenters. The summed E-state index contributed by atoms with van der Waals surface area (Å²) in [5.74, 6) is 0.477. The van der Waals surface area contributed by atoms with Gasteiger partial charge in [0.1, 0.15) is 16.9 Å². The normalized spacial score (nSPS) is 20.8. The lowest BCUT2D eigenvalue weighted by Gasteiger charge is -2.26. The third-order valence-electron chi connectivity index (χ3n) is 3.94. The largest absolute Gasteiger partial charge is 0.472 e. The number of carbonyl (C=O) groups is 1. The van der Waals surface area contributed by atoms with Gasteiger partial charge in [0.2, 0.25) is 5.88 Å². The summed E-state index contributed by atoms with van der Waals surface area (Å²) in [6.07, 6.45) is 0.278. The van der Waals surface area contributed by atoms with Gasteiger partial charge < -0.3 is 14.4 Å². The summed E-state index contributed by atoms with van der Waals surface area (Å²) in [5.41, 5.74) is 0.0284. The van der Waals surface area contributed by atoms with Gasteiger partial charge in [-0.25, -0.2) is 9.78 Å². The molecule has 1 fully saturated rings. The zero-order valence-corrected chi connectivity index (χ0v) is 15.6. The minimum Gasteiger partial charge on any atom is -0.472 e. The Morgan fingerprint density at radius 1 is 1.24 bits per heavy atom. The first-order valence-corrected chi connectivity index (χ1v) is 8.69. The van der Waals surface area contributed by atoms with E-state index < -0.39 is 5.60 Å². The van der Waals surface area contributed by atoms with E-state index in [1.54, 1.807) is 17.0 Å². The second-order valence-electron chi connectivity index (χ2n) is 7.29. The maximum absolute atomic E-state index is 12.3. The van der Waals surface area contributed by atoms with Crippen molar-refractivity contribution in [2.75, 3.05) is 6.54 Å². The fourth-order valence-electron chi connectivity index (χ4n) is 2.84. The van der Waals surface area contributed by atoms with Gasteiger partial charge in [0, 0.05) is 23.9 Å². The van der Waals surface area contributed by atoms with E-state index in [0.717, 1.165) is 11.8 Å². The molecular formula is C18H22ClN3O3. The average Bonchev–Trinajstić information content (AvgIpc) is 2.86. The fourth-order valence-corrected chi connectivity index (χ4v) is 2.98. The molecule has 2 atom stereocenters. The number of carbonyl (C=O) groups excluding carboxylic acids is 1. The van der Waals surface area contributed by atoms with E-state index in [4.69, 9.17) is 21.1 Å². The predicted octanol–water partition coefficient (Wildman–Crippen LogP) is 4.06. The van der Waals surface area contributed by atoms with E-state index in [9.17, 15) is 4.79 Å². The van der Waals surface area contributed by atoms with Gasteiger partial charge in [0.05, 0.1) is 6.54 Å². The third-order valence-corrected chi connectivity index (χ3v) is 4.16. The Kier molecular flexibility index (Phi) is 4.73. The highest BCUT2D eigenvalue weighted by Gasteiger charge is 2.36. The Balaban J connectivity index is 1.69. The molecule has 3 heterocycles. The number of aromatic nitrogens is 2. The van der Waals surface area contributed by atoms with Crippen molar-refractivity contribution in [3.63, 3.8) is 0 Å². The van der Waals surface area contributed by atoms with Crippen LogP contribution in [-0.2, 0) is 4.74 Å². The van der Waals surface area contributed by atoms with E-state index >= 15 is 0 Å². The van der Waals surface area contributed by atoms with Gasteiger partial charge in [-0.1, -0.05) is 11.6 Å². The minimum absolute atomic E-state index is 0.0490. The molecule has 0 radical (unpaired) electrons. The van der Waals surface area contributed by atoms with Crippen molar-refractivity contribution in [3.05, 3.63) is 29.4 Å². The number of hydrogen-bond donors (Lipinski definition) is 0. The zero-order chi connectivity index (χ0) is 18.2. The van der Waals surface area contributed by atoms with Gasteiger partial charge in [0.15, 0.2) is 5.65 Å². The van der Waals surface area contributed by atoms with Crippen molar-refractivity contribution in [1.29, 1.82) is 0 Å². The Morgan fingerprint density at radius 3 is 2.68 bits per heavy atom. The van der Waals surface area contributed by atoms with Gasteiger partial charge in [0.25, 0.3) is 0 Å². The number of pyridine rings is 2. The molecule has 2 aromatic rings. The minimum atomic E-state index is -0.513. The number of rotatable bonds is 2. The third kappa shape index (κ3) is 4.31. The zero-order valence-electron chi connectivity index (χ0n) is 14.8. The maximum atomic E-state index is 12.3. The van der Waals surface area contributed by atoms with E-state index in [1.807, 2.05) is 39.8 Å². The number of nitrogens with zero attached hydrogens (tertiary/aromatic N) is 3. The Hall–Kier alpha value is -2.08. The van der Waals surface area contributed by atoms with Crippen LogP contribution in [0.4, 0.5) is 4.79 Å². The molecule has 0 bridgehead atoms. The van der Waals surface area contributed by atoms with Crippen LogP contribution in [0.15, 0.2) is 24.3 Å². The fraction of sp³-hybridized carbons (Fsp3) is 0.500. The Bertz CT molecular complexity index is 791. The quantitative estimate of drug-likeness (QED) is 0.753. The first-order valence-electron chi connectivity index (χ1n) is 8.31. The van der Waals surface area contributed by atoms with Crippen LogP contribution in [0, 0.1) is 0 Å². The molecule has 0 spiro atoms. The molecule has 7 heteroatoms. The summed E-state index contributed by atoms with van der Waals surface area (Å²) >= 11 is 5.92. The number of amides is 1. The highest BCUT2D eigenvalue weighted by atomic mass is 35.5. The smallest absolute Gasteiger partial charge is 0.410 e. The molecule has 1 saturated heterocycles. The molecule has 1 amide bonds. The SMILES string of the molecule is CC1CC(Oc2ccc3ccc(Cl)nc3n2)CN1C(=O)OC(C)(C)C. The van der Waals surface area contributed by atoms with Crippen molar-refractivity contribution in [3.8, 4) is 5.88 Å². The van der Waals surface area contributed by atoms with Crippen LogP contribution in [0.2, 0.25) is 5.15 Å². The van der Waals surface area contributed by atoms with Gasteiger partial charge in [-0.3, -0.25) is 0 Å². The second-order valence-corrected chi connectivity index (χ2v) is 7.67. The first-order chi connectivity index (χ1) is 11.7. The molecule has 134 valence electrons. The van der Waals surface area contributed by atoms with E-state index in [0.29, 0.717) is 23.2 Å². The lowest BCUT2D eigenvalue weighted by molar-refractivity contribution is 0.0223. The van der Waals surface area contributed by atoms with Crippen LogP contribution in [0.25, 0.3) is 11.0 Å². The molecule has 1 aliphatic heterocycles. The molecule has 0 saturated carbocycles. The standard InChI is InChI=1S/C18H22ClN3O3/c1-11-9-13(10-22(11)17(23)25-18(2,3)4)24-15-8-6-12-5-7-14(19)20-16(12)21-15/h5-8,11,13H,9-10H2,1-4H3. The lowest BCUT2D eigenvalue weighted by atomic mass is 10.2. The average molecular weight is 364 g/mol. The van der Waals surface area contributed by atoms with Crippen molar-refractivity contribution >= 4 is 28.7 Å². The van der Waals surface area contributed by atoms with Crippen LogP contribution < -0.4 is 4.74 Å².